The molecule has 0 spiro atoms. The van der Waals surface area contributed by atoms with Crippen LogP contribution >= 0.6 is 47.5 Å². The van der Waals surface area contributed by atoms with E-state index in [1.165, 1.54) is 27.3 Å². The number of carbonyl (C=O) groups is 2. The first-order chi connectivity index (χ1) is 15.1. The summed E-state index contributed by atoms with van der Waals surface area (Å²) in [5.41, 5.74) is 4.27. The number of ketones is 1. The zero-order valence-electron chi connectivity index (χ0n) is 18.2. The van der Waals surface area contributed by atoms with Crippen LogP contribution in [-0.4, -0.2) is 29.5 Å². The minimum Gasteiger partial charge on any atom is -0.334 e. The molecule has 3 aromatic heterocycles. The molecule has 0 aliphatic carbocycles. The fourth-order valence-electron chi connectivity index (χ4n) is 4.36. The summed E-state index contributed by atoms with van der Waals surface area (Å²) >= 11 is 3.28. The van der Waals surface area contributed by atoms with E-state index in [1.807, 2.05) is 24.5 Å². The lowest BCUT2D eigenvalue weighted by Crippen LogP contribution is -2.30. The van der Waals surface area contributed by atoms with Crippen LogP contribution in [0.2, 0.25) is 0 Å². The lowest BCUT2D eigenvalue weighted by molar-refractivity contribution is 0.101. The van der Waals surface area contributed by atoms with Crippen LogP contribution in [0.1, 0.15) is 43.7 Å². The molecule has 0 saturated heterocycles. The Morgan fingerprint density at radius 2 is 1.64 bits per heavy atom. The SMILES string of the molecule is CC(=O)c1c(NC(=O)NCc2c(-n3cccc3)sc3c2CCNC3)sc2c1CCNC2.Cl.Cl. The number of rotatable bonds is 5. The monoisotopic (exact) mass is 527 g/mol. The average molecular weight is 529 g/mol. The molecule has 0 bridgehead atoms. The highest BCUT2D eigenvalue weighted by atomic mass is 35.5. The van der Waals surface area contributed by atoms with Crippen LogP contribution in [-0.2, 0) is 32.5 Å². The first-order valence-electron chi connectivity index (χ1n) is 10.5. The zero-order valence-corrected chi connectivity index (χ0v) is 21.4. The van der Waals surface area contributed by atoms with Gasteiger partial charge in [0.05, 0.1) is 5.56 Å². The Balaban J connectivity index is 0.00000153. The topological polar surface area (TPSA) is 87.2 Å². The number of fused-ring (bicyclic) bond motifs is 2. The van der Waals surface area contributed by atoms with Crippen LogP contribution in [0.5, 0.6) is 0 Å². The van der Waals surface area contributed by atoms with E-state index in [2.05, 4.69) is 25.8 Å². The van der Waals surface area contributed by atoms with Crippen molar-refractivity contribution in [3.8, 4) is 5.00 Å². The van der Waals surface area contributed by atoms with Gasteiger partial charge in [0.15, 0.2) is 5.78 Å². The number of hydrogen-bond acceptors (Lipinski definition) is 6. The van der Waals surface area contributed by atoms with E-state index in [0.29, 0.717) is 17.1 Å². The van der Waals surface area contributed by atoms with Crippen molar-refractivity contribution in [1.82, 2.24) is 20.5 Å². The van der Waals surface area contributed by atoms with Crippen molar-refractivity contribution >= 4 is 64.3 Å². The van der Waals surface area contributed by atoms with E-state index >= 15 is 0 Å². The summed E-state index contributed by atoms with van der Waals surface area (Å²) in [5, 5.41) is 14.6. The average Bonchev–Trinajstić information content (AvgIpc) is 3.48. The summed E-state index contributed by atoms with van der Waals surface area (Å²) in [4.78, 5) is 27.5. The fourth-order valence-corrected chi connectivity index (χ4v) is 6.92. The molecule has 0 radical (unpaired) electrons. The van der Waals surface area contributed by atoms with E-state index in [0.717, 1.165) is 54.5 Å². The van der Waals surface area contributed by atoms with E-state index in [9.17, 15) is 9.59 Å². The highest BCUT2D eigenvalue weighted by Gasteiger charge is 2.25. The van der Waals surface area contributed by atoms with Gasteiger partial charge in [-0.05, 0) is 56.1 Å². The first kappa shape index (κ1) is 25.7. The quantitative estimate of drug-likeness (QED) is 0.373. The van der Waals surface area contributed by atoms with Gasteiger partial charge in [0.25, 0.3) is 0 Å². The van der Waals surface area contributed by atoms with Crippen molar-refractivity contribution in [2.24, 2.45) is 0 Å². The minimum absolute atomic E-state index is 0. The number of aromatic nitrogens is 1. The molecule has 178 valence electrons. The minimum atomic E-state index is -0.276. The second kappa shape index (κ2) is 11.0. The van der Waals surface area contributed by atoms with E-state index in [4.69, 9.17) is 0 Å². The van der Waals surface area contributed by atoms with Crippen LogP contribution in [0.25, 0.3) is 5.00 Å². The molecule has 2 aliphatic rings. The molecule has 0 fully saturated rings. The van der Waals surface area contributed by atoms with Gasteiger partial charge < -0.3 is 20.5 Å². The summed E-state index contributed by atoms with van der Waals surface area (Å²) in [5.74, 6) is 0.00370. The first-order valence-corrected chi connectivity index (χ1v) is 12.1. The van der Waals surface area contributed by atoms with Gasteiger partial charge in [0.2, 0.25) is 0 Å². The van der Waals surface area contributed by atoms with Gasteiger partial charge in [0.1, 0.15) is 10.0 Å². The lowest BCUT2D eigenvalue weighted by Gasteiger charge is -2.15. The number of thiophene rings is 2. The number of anilines is 1. The predicted molar refractivity (Wildman–Crippen MR) is 139 cm³/mol. The zero-order chi connectivity index (χ0) is 21.4. The molecular formula is C22H27Cl2N5O2S2. The number of amides is 2. The fraction of sp³-hybridized carbons (Fsp3) is 0.364. The second-order valence-corrected chi connectivity index (χ2v) is 9.99. The van der Waals surface area contributed by atoms with E-state index in [-0.39, 0.29) is 36.6 Å². The third kappa shape index (κ3) is 5.13. The Kier molecular flexibility index (Phi) is 8.60. The molecule has 11 heteroatoms. The Labute approximate surface area is 213 Å². The van der Waals surface area contributed by atoms with Crippen molar-refractivity contribution in [2.75, 3.05) is 18.4 Å². The van der Waals surface area contributed by atoms with Crippen molar-refractivity contribution in [3.05, 3.63) is 56.5 Å². The number of halogens is 2. The molecule has 5 heterocycles. The van der Waals surface area contributed by atoms with Gasteiger partial charge in [-0.25, -0.2) is 4.79 Å². The maximum atomic E-state index is 12.8. The van der Waals surface area contributed by atoms with Crippen LogP contribution in [0.4, 0.5) is 9.80 Å². The van der Waals surface area contributed by atoms with Crippen molar-refractivity contribution in [2.45, 2.75) is 39.4 Å². The van der Waals surface area contributed by atoms with Crippen LogP contribution in [0.15, 0.2) is 24.5 Å². The molecule has 2 aliphatic heterocycles. The molecule has 3 aromatic rings. The van der Waals surface area contributed by atoms with Gasteiger partial charge in [0, 0.05) is 47.3 Å². The Hall–Kier alpha value is -1.88. The maximum absolute atomic E-state index is 12.8. The molecule has 7 nitrogen and oxygen atoms in total. The second-order valence-electron chi connectivity index (χ2n) is 7.80. The molecule has 5 rings (SSSR count). The van der Waals surface area contributed by atoms with Crippen LogP contribution < -0.4 is 21.3 Å². The Morgan fingerprint density at radius 3 is 2.30 bits per heavy atom. The van der Waals surface area contributed by atoms with E-state index < -0.39 is 0 Å². The summed E-state index contributed by atoms with van der Waals surface area (Å²) in [6, 6.07) is 3.75. The van der Waals surface area contributed by atoms with Gasteiger partial charge in [-0.2, -0.15) is 0 Å². The molecule has 0 atom stereocenters. The Bertz CT molecular complexity index is 1140. The normalized spacial score (nSPS) is 14.3. The number of carbonyl (C=O) groups excluding carboxylic acids is 2. The number of urea groups is 1. The molecule has 0 aromatic carbocycles. The number of hydrogen-bond donors (Lipinski definition) is 4. The van der Waals surface area contributed by atoms with Gasteiger partial charge >= 0.3 is 6.03 Å². The number of Topliss-reactive ketones (excluding diaryl/α,β-unsaturated/α-hetero) is 1. The van der Waals surface area contributed by atoms with Crippen molar-refractivity contribution < 1.29 is 9.59 Å². The molecule has 33 heavy (non-hydrogen) atoms. The molecule has 2 amide bonds. The van der Waals surface area contributed by atoms with E-state index in [1.54, 1.807) is 18.3 Å². The summed E-state index contributed by atoms with van der Waals surface area (Å²) in [6.07, 6.45) is 5.86. The Morgan fingerprint density at radius 1 is 1.00 bits per heavy atom. The van der Waals surface area contributed by atoms with Crippen LogP contribution in [0, 0.1) is 0 Å². The van der Waals surface area contributed by atoms with Crippen molar-refractivity contribution in [1.29, 1.82) is 0 Å². The summed E-state index contributed by atoms with van der Waals surface area (Å²) < 4.78 is 2.12. The van der Waals surface area contributed by atoms with Crippen LogP contribution in [0.3, 0.4) is 0 Å². The molecular weight excluding hydrogens is 501 g/mol. The number of nitrogens with zero attached hydrogens (tertiary/aromatic N) is 1. The number of nitrogens with one attached hydrogen (secondary N) is 4. The highest BCUT2D eigenvalue weighted by molar-refractivity contribution is 7.17. The standard InChI is InChI=1S/C22H25N5O2S2.2ClH/c1-13(28)19-15-5-7-24-12-18(15)30-20(19)26-22(29)25-10-16-14-4-6-23-11-17(14)31-21(16)27-8-2-3-9-27;;/h2-3,8-9,23-24H,4-7,10-12H2,1H3,(H2,25,26,29);2*1H. The predicted octanol–water partition coefficient (Wildman–Crippen LogP) is 4.26. The van der Waals surface area contributed by atoms with Crippen molar-refractivity contribution in [3.63, 3.8) is 0 Å². The summed E-state index contributed by atoms with van der Waals surface area (Å²) in [6.45, 7) is 5.45. The summed E-state index contributed by atoms with van der Waals surface area (Å²) in [7, 11) is 0. The molecule has 4 N–H and O–H groups in total. The third-order valence-electron chi connectivity index (χ3n) is 5.79. The largest absolute Gasteiger partial charge is 0.334 e. The van der Waals surface area contributed by atoms with Gasteiger partial charge in [-0.15, -0.1) is 47.5 Å². The smallest absolute Gasteiger partial charge is 0.320 e. The lowest BCUT2D eigenvalue weighted by atomic mass is 10.0. The van der Waals surface area contributed by atoms with Gasteiger partial charge in [-0.1, -0.05) is 0 Å². The maximum Gasteiger partial charge on any atom is 0.320 e. The van der Waals surface area contributed by atoms with Gasteiger partial charge in [-0.3, -0.25) is 10.1 Å². The highest BCUT2D eigenvalue weighted by Crippen LogP contribution is 2.36. The third-order valence-corrected chi connectivity index (χ3v) is 8.22. The molecule has 0 unspecified atom stereocenters. The molecule has 0 saturated carbocycles.